The molecule has 0 atom stereocenters. The number of nitrogens with zero attached hydrogens (tertiary/aromatic N) is 5. The fraction of sp³-hybridized carbons (Fsp3) is 0.674. The summed E-state index contributed by atoms with van der Waals surface area (Å²) in [5.41, 5.74) is 2.12. The number of piperazine rings is 1. The topological polar surface area (TPSA) is 150 Å². The van der Waals surface area contributed by atoms with E-state index >= 15 is 0 Å². The van der Waals surface area contributed by atoms with E-state index in [4.69, 9.17) is 5.11 Å². The summed E-state index contributed by atoms with van der Waals surface area (Å²) in [4.78, 5) is 69.8. The summed E-state index contributed by atoms with van der Waals surface area (Å²) in [5, 5.41) is 7.99. The van der Waals surface area contributed by atoms with Crippen LogP contribution in [-0.4, -0.2) is 100 Å². The molecule has 0 unspecified atom stereocenters. The van der Waals surface area contributed by atoms with Gasteiger partial charge in [-0.25, -0.2) is 9.97 Å². The number of esters is 1. The maximum atomic E-state index is 11.9. The van der Waals surface area contributed by atoms with Crippen molar-refractivity contribution < 1.29 is 33.8 Å². The van der Waals surface area contributed by atoms with Gasteiger partial charge in [-0.1, -0.05) is 93.9 Å². The number of aromatic nitrogens is 2. The van der Waals surface area contributed by atoms with Gasteiger partial charge in [-0.3, -0.25) is 24.0 Å². The van der Waals surface area contributed by atoms with Crippen molar-refractivity contribution in [1.82, 2.24) is 19.8 Å². The Labute approximate surface area is 350 Å². The Kier molecular flexibility index (Phi) is 29.2. The van der Waals surface area contributed by atoms with E-state index in [1.54, 1.807) is 33.2 Å². The van der Waals surface area contributed by atoms with Crippen molar-refractivity contribution in [2.24, 2.45) is 17.8 Å². The predicted molar refractivity (Wildman–Crippen MR) is 234 cm³/mol. The van der Waals surface area contributed by atoms with E-state index in [9.17, 15) is 24.0 Å². The van der Waals surface area contributed by atoms with E-state index in [0.29, 0.717) is 37.2 Å². The predicted octanol–water partition coefficient (Wildman–Crippen LogP) is 9.09. The standard InChI is InChI=1S/C14H20O.C13H20N4O.C9H17NO.C6H12O2.C4H8O2/c1-4-5-9-14(15)13-8-6-7-12(10-13)11(2)3;1-11(2)10-12(18)16-6-8-17(9-7-16)13-14-4-3-5-15-13;1-2-6-9(11)10-7-4-3-5-8-10;1-4-8-6(7)5(2)3;1-3(2)4(5)6/h6-8,10-11H,4-5,9H2,1-3H3;3-5,11H,6-10H2,1-2H3;2-8H2,1H3;5H,4H2,1-3H3;3H,1-2H3,(H,5,6). The van der Waals surface area contributed by atoms with Crippen LogP contribution in [0.3, 0.4) is 0 Å². The van der Waals surface area contributed by atoms with Crippen molar-refractivity contribution in [2.75, 3.05) is 50.8 Å². The van der Waals surface area contributed by atoms with Crippen molar-refractivity contribution in [3.63, 3.8) is 0 Å². The first-order valence-electron chi connectivity index (χ1n) is 21.6. The molecule has 328 valence electrons. The average molecular weight is 812 g/mol. The molecule has 3 heterocycles. The highest BCUT2D eigenvalue weighted by molar-refractivity contribution is 5.96. The molecule has 2 fully saturated rings. The number of anilines is 1. The lowest BCUT2D eigenvalue weighted by molar-refractivity contribution is -0.146. The van der Waals surface area contributed by atoms with Crippen molar-refractivity contribution in [3.8, 4) is 0 Å². The first-order valence-corrected chi connectivity index (χ1v) is 21.6. The Balaban J connectivity index is 0.000000738. The molecule has 2 amide bonds. The number of rotatable bonds is 13. The molecule has 58 heavy (non-hydrogen) atoms. The highest BCUT2D eigenvalue weighted by atomic mass is 16.5. The number of carbonyl (C=O) groups excluding carboxylic acids is 4. The van der Waals surface area contributed by atoms with Crippen LogP contribution in [0.25, 0.3) is 0 Å². The van der Waals surface area contributed by atoms with Gasteiger partial charge in [0.2, 0.25) is 17.8 Å². The molecule has 0 bridgehead atoms. The number of amides is 2. The quantitative estimate of drug-likeness (QED) is 0.153. The van der Waals surface area contributed by atoms with Gasteiger partial charge in [0.1, 0.15) is 0 Å². The van der Waals surface area contributed by atoms with Gasteiger partial charge in [-0.05, 0) is 68.6 Å². The van der Waals surface area contributed by atoms with Crippen molar-refractivity contribution in [1.29, 1.82) is 0 Å². The fourth-order valence-corrected chi connectivity index (χ4v) is 5.47. The highest BCUT2D eigenvalue weighted by Crippen LogP contribution is 2.17. The number of unbranched alkanes of at least 4 members (excludes halogenated alkanes) is 1. The Hall–Kier alpha value is -4.35. The summed E-state index contributed by atoms with van der Waals surface area (Å²) in [6, 6.07) is 9.83. The Bertz CT molecular complexity index is 1430. The van der Waals surface area contributed by atoms with Crippen LogP contribution in [0.5, 0.6) is 0 Å². The second kappa shape index (κ2) is 31.6. The maximum absolute atomic E-state index is 11.9. The zero-order chi connectivity index (χ0) is 44.0. The first-order chi connectivity index (χ1) is 27.5. The van der Waals surface area contributed by atoms with Crippen molar-refractivity contribution >= 4 is 35.5 Å². The zero-order valence-electron chi connectivity index (χ0n) is 37.8. The average Bonchev–Trinajstić information content (AvgIpc) is 3.21. The number of carboxylic acid groups (broad SMARTS) is 1. The number of carboxylic acids is 1. The van der Waals surface area contributed by atoms with Crippen molar-refractivity contribution in [2.45, 2.75) is 140 Å². The molecule has 0 aliphatic carbocycles. The van der Waals surface area contributed by atoms with E-state index in [-0.39, 0.29) is 29.5 Å². The van der Waals surface area contributed by atoms with Crippen LogP contribution in [0.1, 0.15) is 156 Å². The molecule has 1 aromatic heterocycles. The molecule has 12 heteroatoms. The van der Waals surface area contributed by atoms with Crippen molar-refractivity contribution in [3.05, 3.63) is 53.9 Å². The number of aliphatic carboxylic acids is 1. The molecule has 2 aliphatic rings. The van der Waals surface area contributed by atoms with Crippen LogP contribution in [-0.2, 0) is 23.9 Å². The summed E-state index contributed by atoms with van der Waals surface area (Å²) < 4.78 is 4.66. The summed E-state index contributed by atoms with van der Waals surface area (Å²) in [7, 11) is 0. The SMILES string of the molecule is CC(C)C(=O)O.CC(C)CC(=O)N1CCN(c2ncccn2)CC1.CCCC(=O)N1CCCCC1.CCCCC(=O)c1cccc(C(C)C)c1.CCOC(=O)C(C)C. The summed E-state index contributed by atoms with van der Waals surface area (Å²) in [6.45, 7) is 27.0. The van der Waals surface area contributed by atoms with Crippen LogP contribution in [0, 0.1) is 17.8 Å². The number of Topliss-reactive ketones (excluding diaryl/α,β-unsaturated/α-hetero) is 1. The molecule has 4 rings (SSSR count). The summed E-state index contributed by atoms with van der Waals surface area (Å²) in [5.74, 6) is 1.48. The lowest BCUT2D eigenvalue weighted by Crippen LogP contribution is -2.49. The largest absolute Gasteiger partial charge is 0.481 e. The van der Waals surface area contributed by atoms with Gasteiger partial charge in [-0.15, -0.1) is 0 Å². The van der Waals surface area contributed by atoms with Crippen LogP contribution < -0.4 is 4.90 Å². The van der Waals surface area contributed by atoms with Gasteiger partial charge >= 0.3 is 11.9 Å². The second-order valence-corrected chi connectivity index (χ2v) is 15.9. The fourth-order valence-electron chi connectivity index (χ4n) is 5.47. The number of likely N-dealkylation sites (tertiary alicyclic amines) is 1. The number of hydrogen-bond donors (Lipinski definition) is 1. The zero-order valence-corrected chi connectivity index (χ0v) is 37.8. The minimum atomic E-state index is -0.741. The number of carbonyl (C=O) groups is 5. The molecule has 1 aromatic carbocycles. The van der Waals surface area contributed by atoms with Crippen LogP contribution in [0.2, 0.25) is 0 Å². The van der Waals surface area contributed by atoms with Crippen LogP contribution in [0.15, 0.2) is 42.7 Å². The molecule has 0 radical (unpaired) electrons. The first kappa shape index (κ1) is 53.6. The smallest absolute Gasteiger partial charge is 0.308 e. The normalized spacial score (nSPS) is 13.5. The number of benzene rings is 1. The molecular formula is C46H77N5O7. The highest BCUT2D eigenvalue weighted by Gasteiger charge is 2.22. The Morgan fingerprint density at radius 3 is 1.72 bits per heavy atom. The van der Waals surface area contributed by atoms with Gasteiger partial charge < -0.3 is 24.5 Å². The summed E-state index contributed by atoms with van der Waals surface area (Å²) in [6.07, 6.45) is 12.3. The molecule has 12 nitrogen and oxygen atoms in total. The number of ketones is 1. The molecular weight excluding hydrogens is 735 g/mol. The van der Waals surface area contributed by atoms with E-state index in [1.807, 2.05) is 47.9 Å². The van der Waals surface area contributed by atoms with E-state index in [1.165, 1.54) is 24.8 Å². The van der Waals surface area contributed by atoms with Gasteiger partial charge in [0, 0.05) is 76.5 Å². The lowest BCUT2D eigenvalue weighted by Gasteiger charge is -2.35. The minimum Gasteiger partial charge on any atom is -0.481 e. The van der Waals surface area contributed by atoms with Gasteiger partial charge in [0.05, 0.1) is 18.4 Å². The monoisotopic (exact) mass is 812 g/mol. The third-order valence-electron chi connectivity index (χ3n) is 9.11. The van der Waals surface area contributed by atoms with Gasteiger partial charge in [0.25, 0.3) is 0 Å². The minimum absolute atomic E-state index is 0.00921. The van der Waals surface area contributed by atoms with Gasteiger partial charge in [0.15, 0.2) is 5.78 Å². The molecule has 0 saturated carbocycles. The Morgan fingerprint density at radius 1 is 0.707 bits per heavy atom. The Morgan fingerprint density at radius 2 is 1.28 bits per heavy atom. The molecule has 2 saturated heterocycles. The van der Waals surface area contributed by atoms with E-state index in [0.717, 1.165) is 76.5 Å². The second-order valence-electron chi connectivity index (χ2n) is 15.9. The third kappa shape index (κ3) is 24.4. The molecule has 2 aromatic rings. The van der Waals surface area contributed by atoms with E-state index in [2.05, 4.69) is 67.2 Å². The van der Waals surface area contributed by atoms with Gasteiger partial charge in [-0.2, -0.15) is 0 Å². The summed E-state index contributed by atoms with van der Waals surface area (Å²) >= 11 is 0. The maximum Gasteiger partial charge on any atom is 0.308 e. The number of hydrogen-bond acceptors (Lipinski definition) is 9. The lowest BCUT2D eigenvalue weighted by atomic mass is 9.98. The van der Waals surface area contributed by atoms with Crippen LogP contribution in [0.4, 0.5) is 5.95 Å². The van der Waals surface area contributed by atoms with Crippen LogP contribution >= 0.6 is 0 Å². The number of piperidine rings is 1. The number of ether oxygens (including phenoxy) is 1. The molecule has 0 spiro atoms. The molecule has 1 N–H and O–H groups in total. The molecule has 2 aliphatic heterocycles. The van der Waals surface area contributed by atoms with E-state index < -0.39 is 5.97 Å². The third-order valence-corrected chi connectivity index (χ3v) is 9.11.